The van der Waals surface area contributed by atoms with Gasteiger partial charge in [0.25, 0.3) is 0 Å². The van der Waals surface area contributed by atoms with Crippen molar-refractivity contribution in [2.45, 2.75) is 57.5 Å². The van der Waals surface area contributed by atoms with Gasteiger partial charge in [0.1, 0.15) is 0 Å². The second-order valence-corrected chi connectivity index (χ2v) is 8.90. The van der Waals surface area contributed by atoms with Crippen LogP contribution in [-0.2, 0) is 11.3 Å². The van der Waals surface area contributed by atoms with Crippen LogP contribution in [0.1, 0.15) is 49.8 Å². The Balaban J connectivity index is 1.24. The van der Waals surface area contributed by atoms with Crippen LogP contribution in [0.5, 0.6) is 0 Å². The molecule has 0 aromatic carbocycles. The van der Waals surface area contributed by atoms with E-state index in [0.29, 0.717) is 12.6 Å². The first-order valence-corrected chi connectivity index (χ1v) is 10.4. The van der Waals surface area contributed by atoms with Crippen molar-refractivity contribution in [3.8, 4) is 0 Å². The zero-order valence-electron chi connectivity index (χ0n) is 14.6. The summed E-state index contributed by atoms with van der Waals surface area (Å²) in [5.74, 6) is 0.239. The van der Waals surface area contributed by atoms with Gasteiger partial charge in [-0.1, -0.05) is 25.3 Å². The zero-order valence-corrected chi connectivity index (χ0v) is 15.4. The Morgan fingerprint density at radius 2 is 2.12 bits per heavy atom. The fourth-order valence-corrected chi connectivity index (χ4v) is 5.11. The van der Waals surface area contributed by atoms with Crippen molar-refractivity contribution in [3.05, 3.63) is 22.4 Å². The number of nitrogens with zero attached hydrogens (tertiary/aromatic N) is 1. The summed E-state index contributed by atoms with van der Waals surface area (Å²) < 4.78 is 0. The number of hydrogen-bond donors (Lipinski definition) is 2. The SMILES string of the molecule is O=C(NCc1cccs1)C1CC12CCN(C(=O)NC1CCCCC1)C2. The number of urea groups is 1. The predicted molar refractivity (Wildman–Crippen MR) is 98.3 cm³/mol. The second kappa shape index (κ2) is 6.98. The van der Waals surface area contributed by atoms with E-state index < -0.39 is 0 Å². The third-order valence-electron chi connectivity index (χ3n) is 6.13. The summed E-state index contributed by atoms with van der Waals surface area (Å²) in [6.45, 7) is 2.14. The molecule has 4 rings (SSSR count). The smallest absolute Gasteiger partial charge is 0.317 e. The van der Waals surface area contributed by atoms with Crippen molar-refractivity contribution in [2.75, 3.05) is 13.1 Å². The predicted octanol–water partition coefficient (Wildman–Crippen LogP) is 3.12. The fourth-order valence-electron chi connectivity index (χ4n) is 4.46. The summed E-state index contributed by atoms with van der Waals surface area (Å²) >= 11 is 1.67. The molecule has 1 spiro atoms. The van der Waals surface area contributed by atoms with Gasteiger partial charge in [-0.3, -0.25) is 4.79 Å². The molecule has 2 aliphatic carbocycles. The molecule has 1 aromatic rings. The van der Waals surface area contributed by atoms with Crippen molar-refractivity contribution in [1.29, 1.82) is 0 Å². The second-order valence-electron chi connectivity index (χ2n) is 7.87. The summed E-state index contributed by atoms with van der Waals surface area (Å²) in [5, 5.41) is 8.29. The summed E-state index contributed by atoms with van der Waals surface area (Å²) in [6.07, 6.45) is 7.85. The van der Waals surface area contributed by atoms with Gasteiger partial charge in [0.05, 0.1) is 6.54 Å². The first-order valence-electron chi connectivity index (χ1n) is 9.52. The van der Waals surface area contributed by atoms with Crippen LogP contribution < -0.4 is 10.6 Å². The molecule has 1 saturated heterocycles. The lowest BCUT2D eigenvalue weighted by atomic mass is 9.96. The summed E-state index contributed by atoms with van der Waals surface area (Å²) in [7, 11) is 0. The fraction of sp³-hybridized carbons (Fsp3) is 0.684. The number of carbonyl (C=O) groups excluding carboxylic acids is 2. The van der Waals surface area contributed by atoms with E-state index in [1.54, 1.807) is 11.3 Å². The maximum atomic E-state index is 12.5. The summed E-state index contributed by atoms with van der Waals surface area (Å²) in [5.41, 5.74) is 0.0451. The third kappa shape index (κ3) is 3.68. The lowest BCUT2D eigenvalue weighted by Gasteiger charge is -2.26. The minimum atomic E-state index is 0.0451. The number of thiophene rings is 1. The van der Waals surface area contributed by atoms with E-state index in [1.807, 2.05) is 22.4 Å². The number of likely N-dealkylation sites (tertiary alicyclic amines) is 1. The highest BCUT2D eigenvalue weighted by Crippen LogP contribution is 2.58. The van der Waals surface area contributed by atoms with Gasteiger partial charge < -0.3 is 15.5 Å². The molecule has 6 heteroatoms. The van der Waals surface area contributed by atoms with Crippen LogP contribution in [0.25, 0.3) is 0 Å². The van der Waals surface area contributed by atoms with Crippen LogP contribution in [-0.4, -0.2) is 36.0 Å². The largest absolute Gasteiger partial charge is 0.351 e. The molecule has 1 aliphatic heterocycles. The molecule has 2 saturated carbocycles. The van der Waals surface area contributed by atoms with Crippen molar-refractivity contribution >= 4 is 23.3 Å². The lowest BCUT2D eigenvalue weighted by Crippen LogP contribution is -2.44. The molecule has 2 unspecified atom stereocenters. The van der Waals surface area contributed by atoms with Crippen LogP contribution in [0, 0.1) is 11.3 Å². The number of hydrogen-bond acceptors (Lipinski definition) is 3. The third-order valence-corrected chi connectivity index (χ3v) is 7.00. The van der Waals surface area contributed by atoms with E-state index in [2.05, 4.69) is 10.6 Å². The van der Waals surface area contributed by atoms with E-state index in [1.165, 1.54) is 24.1 Å². The van der Waals surface area contributed by atoms with Crippen LogP contribution in [0.15, 0.2) is 17.5 Å². The van der Waals surface area contributed by atoms with Crippen molar-refractivity contribution in [1.82, 2.24) is 15.5 Å². The summed E-state index contributed by atoms with van der Waals surface area (Å²) in [4.78, 5) is 28.0. The van der Waals surface area contributed by atoms with Gasteiger partial charge >= 0.3 is 6.03 Å². The van der Waals surface area contributed by atoms with Crippen molar-refractivity contribution in [2.24, 2.45) is 11.3 Å². The monoisotopic (exact) mass is 361 g/mol. The van der Waals surface area contributed by atoms with Gasteiger partial charge in [0.15, 0.2) is 0 Å². The van der Waals surface area contributed by atoms with E-state index in [-0.39, 0.29) is 23.3 Å². The van der Waals surface area contributed by atoms with Gasteiger partial charge in [-0.25, -0.2) is 4.79 Å². The number of rotatable bonds is 4. The van der Waals surface area contributed by atoms with Gasteiger partial charge in [-0.15, -0.1) is 11.3 Å². The normalized spacial score (nSPS) is 29.0. The molecule has 3 fully saturated rings. The van der Waals surface area contributed by atoms with Gasteiger partial charge in [0.2, 0.25) is 5.91 Å². The van der Waals surface area contributed by atoms with Crippen LogP contribution in [0.4, 0.5) is 4.79 Å². The quantitative estimate of drug-likeness (QED) is 0.865. The average molecular weight is 362 g/mol. The Hall–Kier alpha value is -1.56. The van der Waals surface area contributed by atoms with Crippen molar-refractivity contribution in [3.63, 3.8) is 0 Å². The molecule has 2 N–H and O–H groups in total. The number of carbonyl (C=O) groups is 2. The number of nitrogens with one attached hydrogen (secondary N) is 2. The molecule has 3 aliphatic rings. The van der Waals surface area contributed by atoms with E-state index in [4.69, 9.17) is 0 Å². The molecule has 0 radical (unpaired) electrons. The maximum Gasteiger partial charge on any atom is 0.317 e. The van der Waals surface area contributed by atoms with Crippen LogP contribution >= 0.6 is 11.3 Å². The standard InChI is InChI=1S/C19H27N3O2S/c23-17(20-12-15-7-4-10-25-15)16-11-19(16)8-9-22(13-19)18(24)21-14-5-2-1-3-6-14/h4,7,10,14,16H,1-3,5-6,8-9,11-13H2,(H,20,23)(H,21,24). The Kier molecular flexibility index (Phi) is 4.71. The van der Waals surface area contributed by atoms with E-state index in [9.17, 15) is 9.59 Å². The number of amides is 3. The van der Waals surface area contributed by atoms with E-state index >= 15 is 0 Å². The molecule has 3 amide bonds. The van der Waals surface area contributed by atoms with Crippen molar-refractivity contribution < 1.29 is 9.59 Å². The molecular formula is C19H27N3O2S. The van der Waals surface area contributed by atoms with Crippen LogP contribution in [0.2, 0.25) is 0 Å². The molecular weight excluding hydrogens is 334 g/mol. The molecule has 25 heavy (non-hydrogen) atoms. The van der Waals surface area contributed by atoms with Crippen LogP contribution in [0.3, 0.4) is 0 Å². The highest BCUT2D eigenvalue weighted by atomic mass is 32.1. The van der Waals surface area contributed by atoms with Gasteiger partial charge in [-0.05, 0) is 37.1 Å². The molecule has 1 aromatic heterocycles. The zero-order chi connectivity index (χ0) is 17.3. The van der Waals surface area contributed by atoms with E-state index in [0.717, 1.165) is 38.8 Å². The minimum Gasteiger partial charge on any atom is -0.351 e. The lowest BCUT2D eigenvalue weighted by molar-refractivity contribution is -0.123. The topological polar surface area (TPSA) is 61.4 Å². The first-order chi connectivity index (χ1) is 12.2. The minimum absolute atomic E-state index is 0.0451. The Bertz CT molecular complexity index is 627. The van der Waals surface area contributed by atoms with Gasteiger partial charge in [-0.2, -0.15) is 0 Å². The molecule has 2 heterocycles. The molecule has 0 bridgehead atoms. The Morgan fingerprint density at radius 3 is 2.88 bits per heavy atom. The van der Waals surface area contributed by atoms with Gasteiger partial charge in [0, 0.05) is 35.3 Å². The maximum absolute atomic E-state index is 12.5. The molecule has 5 nitrogen and oxygen atoms in total. The molecule has 2 atom stereocenters. The highest BCUT2D eigenvalue weighted by Gasteiger charge is 2.61. The first kappa shape index (κ1) is 16.9. The Labute approximate surface area is 153 Å². The Morgan fingerprint density at radius 1 is 1.28 bits per heavy atom. The summed E-state index contributed by atoms with van der Waals surface area (Å²) in [6, 6.07) is 4.47. The average Bonchev–Trinajstić information content (AvgIpc) is 2.97. The molecule has 136 valence electrons. The highest BCUT2D eigenvalue weighted by molar-refractivity contribution is 7.09.